The molecule has 5 amide bonds. The quantitative estimate of drug-likeness (QED) is 0.380. The number of nitrogens with zero attached hydrogens (tertiary/aromatic N) is 3. The first-order valence-electron chi connectivity index (χ1n) is 10.7. The second kappa shape index (κ2) is 7.28. The first kappa shape index (κ1) is 20.4. The maximum atomic E-state index is 12.9. The molecule has 4 fully saturated rings. The molecule has 1 aromatic rings. The van der Waals surface area contributed by atoms with Gasteiger partial charge in [-0.1, -0.05) is 0 Å². The van der Waals surface area contributed by atoms with Crippen molar-refractivity contribution >= 4 is 23.8 Å². The number of piperidine rings is 1. The maximum absolute atomic E-state index is 12.9. The molecule has 1 unspecified atom stereocenters. The highest BCUT2D eigenvalue weighted by molar-refractivity contribution is 6.08. The van der Waals surface area contributed by atoms with Crippen LogP contribution in [0.2, 0.25) is 0 Å². The van der Waals surface area contributed by atoms with Crippen LogP contribution in [0.5, 0.6) is 0 Å². The molecule has 4 aliphatic rings. The minimum absolute atomic E-state index is 0.00510. The van der Waals surface area contributed by atoms with E-state index in [1.54, 1.807) is 0 Å². The van der Waals surface area contributed by atoms with Gasteiger partial charge in [-0.05, 0) is 37.5 Å². The van der Waals surface area contributed by atoms with E-state index in [1.165, 1.54) is 4.90 Å². The molecule has 1 atom stereocenters. The number of carbonyl (C=O) groups excluding carboxylic acids is 4. The van der Waals surface area contributed by atoms with E-state index in [2.05, 4.69) is 20.8 Å². The average molecular weight is 445 g/mol. The van der Waals surface area contributed by atoms with Crippen LogP contribution in [0.15, 0.2) is 9.59 Å². The number of amides is 5. The Kier molecular flexibility index (Phi) is 4.64. The van der Waals surface area contributed by atoms with Crippen molar-refractivity contribution < 1.29 is 19.2 Å². The fourth-order valence-electron chi connectivity index (χ4n) is 5.24. The molecule has 32 heavy (non-hydrogen) atoms. The summed E-state index contributed by atoms with van der Waals surface area (Å²) in [6.45, 7) is 2.17. The van der Waals surface area contributed by atoms with E-state index in [0.29, 0.717) is 39.0 Å². The standard InChI is InChI=1S/C19H23N7O6/c27-13-12(23-24-18(32)20-13)15(29)26-7-11(8-26)9-2-1-3-25(6-9)14(28)10-4-19(5-10)16(30)21-17(31)22-19/h9-11H,1-8H2,(H2,20,24,27,32)(H2,21,22,30,31). The smallest absolute Gasteiger partial charge is 0.342 e. The third-order valence-electron chi connectivity index (χ3n) is 7.10. The van der Waals surface area contributed by atoms with Crippen molar-refractivity contribution in [2.24, 2.45) is 17.8 Å². The summed E-state index contributed by atoms with van der Waals surface area (Å²) in [4.78, 5) is 76.9. The summed E-state index contributed by atoms with van der Waals surface area (Å²) in [5.41, 5.74) is -2.87. The number of aromatic nitrogens is 3. The van der Waals surface area contributed by atoms with Crippen molar-refractivity contribution in [3.8, 4) is 0 Å². The molecule has 1 aromatic heterocycles. The van der Waals surface area contributed by atoms with Gasteiger partial charge in [0.25, 0.3) is 17.4 Å². The first-order chi connectivity index (χ1) is 15.3. The molecule has 0 bridgehead atoms. The number of aromatic amines is 2. The molecule has 0 aromatic carbocycles. The summed E-state index contributed by atoms with van der Waals surface area (Å²) < 4.78 is 0. The highest BCUT2D eigenvalue weighted by Crippen LogP contribution is 2.42. The Hall–Kier alpha value is -3.51. The van der Waals surface area contributed by atoms with Crippen molar-refractivity contribution in [2.75, 3.05) is 26.2 Å². The number of hydrogen-bond donors (Lipinski definition) is 4. The van der Waals surface area contributed by atoms with Gasteiger partial charge in [0.2, 0.25) is 11.6 Å². The minimum Gasteiger partial charge on any atom is -0.342 e. The highest BCUT2D eigenvalue weighted by atomic mass is 16.2. The summed E-state index contributed by atoms with van der Waals surface area (Å²) in [5.74, 6) is -0.718. The number of urea groups is 1. The highest BCUT2D eigenvalue weighted by Gasteiger charge is 2.58. The largest absolute Gasteiger partial charge is 0.342 e. The molecule has 1 saturated carbocycles. The van der Waals surface area contributed by atoms with E-state index in [9.17, 15) is 28.8 Å². The van der Waals surface area contributed by atoms with E-state index < -0.39 is 28.7 Å². The Bertz CT molecular complexity index is 1110. The molecule has 1 aliphatic carbocycles. The average Bonchev–Trinajstić information content (AvgIpc) is 2.99. The summed E-state index contributed by atoms with van der Waals surface area (Å²) in [7, 11) is 0. The number of rotatable bonds is 3. The predicted octanol–water partition coefficient (Wildman–Crippen LogP) is -2.24. The van der Waals surface area contributed by atoms with Gasteiger partial charge in [-0.25, -0.2) is 14.7 Å². The third kappa shape index (κ3) is 3.28. The lowest BCUT2D eigenvalue weighted by Gasteiger charge is -2.48. The topological polar surface area (TPSA) is 177 Å². The molecule has 13 heteroatoms. The Morgan fingerprint density at radius 2 is 1.72 bits per heavy atom. The van der Waals surface area contributed by atoms with Crippen LogP contribution >= 0.6 is 0 Å². The van der Waals surface area contributed by atoms with Crippen LogP contribution < -0.4 is 21.9 Å². The minimum atomic E-state index is -0.935. The summed E-state index contributed by atoms with van der Waals surface area (Å²) in [6.07, 6.45) is 2.44. The van der Waals surface area contributed by atoms with E-state index in [-0.39, 0.29) is 35.3 Å². The second-order valence-electron chi connectivity index (χ2n) is 9.11. The Morgan fingerprint density at radius 1 is 1.00 bits per heavy atom. The lowest BCUT2D eigenvalue weighted by atomic mass is 9.67. The first-order valence-corrected chi connectivity index (χ1v) is 10.7. The fraction of sp³-hybridized carbons (Fsp3) is 0.632. The number of H-pyrrole nitrogens is 2. The molecule has 4 N–H and O–H groups in total. The van der Waals surface area contributed by atoms with Crippen LogP contribution in [0.3, 0.4) is 0 Å². The number of nitrogens with one attached hydrogen (secondary N) is 4. The molecular formula is C19H23N7O6. The number of imide groups is 1. The van der Waals surface area contributed by atoms with E-state index in [0.717, 1.165) is 12.8 Å². The molecule has 1 spiro atoms. The zero-order chi connectivity index (χ0) is 22.6. The maximum Gasteiger partial charge on any atom is 0.342 e. The van der Waals surface area contributed by atoms with E-state index in [1.807, 2.05) is 9.88 Å². The van der Waals surface area contributed by atoms with Gasteiger partial charge >= 0.3 is 11.7 Å². The summed E-state index contributed by atoms with van der Waals surface area (Å²) in [5, 5.41) is 10.5. The zero-order valence-electron chi connectivity index (χ0n) is 17.2. The molecule has 0 radical (unpaired) electrons. The monoisotopic (exact) mass is 445 g/mol. The molecule has 3 aliphatic heterocycles. The number of carbonyl (C=O) groups is 4. The van der Waals surface area contributed by atoms with Crippen molar-refractivity contribution in [3.05, 3.63) is 26.5 Å². The predicted molar refractivity (Wildman–Crippen MR) is 106 cm³/mol. The van der Waals surface area contributed by atoms with Crippen LogP contribution in [0.4, 0.5) is 4.79 Å². The van der Waals surface area contributed by atoms with Crippen LogP contribution in [-0.2, 0) is 9.59 Å². The molecule has 5 rings (SSSR count). The van der Waals surface area contributed by atoms with Crippen molar-refractivity contribution in [1.82, 2.24) is 35.6 Å². The van der Waals surface area contributed by atoms with Gasteiger partial charge in [0.15, 0.2) is 0 Å². The van der Waals surface area contributed by atoms with E-state index in [4.69, 9.17) is 0 Å². The van der Waals surface area contributed by atoms with Crippen molar-refractivity contribution in [3.63, 3.8) is 0 Å². The molecular weight excluding hydrogens is 422 g/mol. The Balaban J connectivity index is 1.15. The van der Waals surface area contributed by atoms with Gasteiger partial charge in [-0.3, -0.25) is 29.5 Å². The fourth-order valence-corrected chi connectivity index (χ4v) is 5.24. The van der Waals surface area contributed by atoms with Crippen molar-refractivity contribution in [2.45, 2.75) is 31.2 Å². The number of hydrogen-bond acceptors (Lipinski definition) is 7. The molecule has 4 heterocycles. The Labute approximate surface area is 180 Å². The van der Waals surface area contributed by atoms with Gasteiger partial charge < -0.3 is 15.1 Å². The summed E-state index contributed by atoms with van der Waals surface area (Å²) in [6, 6.07) is -0.512. The number of likely N-dealkylation sites (tertiary alicyclic amines) is 2. The molecule has 13 nitrogen and oxygen atoms in total. The molecule has 3 saturated heterocycles. The van der Waals surface area contributed by atoms with Gasteiger partial charge in [0.1, 0.15) is 5.54 Å². The van der Waals surface area contributed by atoms with Gasteiger partial charge in [-0.2, -0.15) is 5.10 Å². The summed E-state index contributed by atoms with van der Waals surface area (Å²) >= 11 is 0. The van der Waals surface area contributed by atoms with Crippen LogP contribution in [0, 0.1) is 17.8 Å². The molecule has 170 valence electrons. The van der Waals surface area contributed by atoms with E-state index >= 15 is 0 Å². The Morgan fingerprint density at radius 3 is 2.38 bits per heavy atom. The van der Waals surface area contributed by atoms with Gasteiger partial charge in [0, 0.05) is 32.1 Å². The van der Waals surface area contributed by atoms with Crippen molar-refractivity contribution in [1.29, 1.82) is 0 Å². The lowest BCUT2D eigenvalue weighted by Crippen LogP contribution is -2.61. The third-order valence-corrected chi connectivity index (χ3v) is 7.10. The van der Waals surface area contributed by atoms with Crippen LogP contribution in [-0.4, -0.2) is 80.5 Å². The normalized spacial score (nSPS) is 29.9. The van der Waals surface area contributed by atoms with Gasteiger partial charge in [-0.15, -0.1) is 0 Å². The SMILES string of the molecule is O=C1NC(=O)C2(CC(C(=O)N3CCCC(C4CN(C(=O)c5n[nH]c(=O)[nH]c5=O)C4)C3)C2)N1. The van der Waals surface area contributed by atoms with Gasteiger partial charge in [0.05, 0.1) is 0 Å². The van der Waals surface area contributed by atoms with Crippen LogP contribution in [0.1, 0.15) is 36.2 Å². The zero-order valence-corrected chi connectivity index (χ0v) is 17.2. The van der Waals surface area contributed by atoms with Crippen LogP contribution in [0.25, 0.3) is 0 Å². The second-order valence-corrected chi connectivity index (χ2v) is 9.11. The lowest BCUT2D eigenvalue weighted by molar-refractivity contribution is -0.146.